The van der Waals surface area contributed by atoms with E-state index in [4.69, 9.17) is 14.2 Å². The molecule has 29 heavy (non-hydrogen) atoms. The third-order valence-corrected chi connectivity index (χ3v) is 4.73. The lowest BCUT2D eigenvalue weighted by Crippen LogP contribution is -2.35. The van der Waals surface area contributed by atoms with Gasteiger partial charge in [0, 0.05) is 19.2 Å². The molecule has 1 unspecified atom stereocenters. The van der Waals surface area contributed by atoms with Crippen LogP contribution in [0.15, 0.2) is 48.5 Å². The minimum Gasteiger partial charge on any atom is -0.497 e. The van der Waals surface area contributed by atoms with Gasteiger partial charge in [0.15, 0.2) is 0 Å². The van der Waals surface area contributed by atoms with Crippen molar-refractivity contribution in [1.82, 2.24) is 4.90 Å². The van der Waals surface area contributed by atoms with Gasteiger partial charge in [-0.2, -0.15) is 0 Å². The minimum atomic E-state index is -0.543. The van der Waals surface area contributed by atoms with Gasteiger partial charge < -0.3 is 19.3 Å². The molecule has 0 saturated carbocycles. The molecule has 0 heterocycles. The van der Waals surface area contributed by atoms with Crippen molar-refractivity contribution in [3.8, 4) is 11.5 Å². The first kappa shape index (κ1) is 23.2. The van der Waals surface area contributed by atoms with Crippen molar-refractivity contribution < 1.29 is 19.3 Å². The zero-order valence-electron chi connectivity index (χ0n) is 18.1. The highest BCUT2D eigenvalue weighted by Gasteiger charge is 2.14. The predicted octanol–water partition coefficient (Wildman–Crippen LogP) is 4.13. The van der Waals surface area contributed by atoms with E-state index in [9.17, 15) is 5.11 Å². The van der Waals surface area contributed by atoms with Gasteiger partial charge in [-0.05, 0) is 42.1 Å². The van der Waals surface area contributed by atoms with Crippen LogP contribution in [0.1, 0.15) is 31.4 Å². The Kier molecular flexibility index (Phi) is 9.98. The van der Waals surface area contributed by atoms with Gasteiger partial charge in [-0.25, -0.2) is 0 Å². The molecule has 2 aromatic rings. The largest absolute Gasteiger partial charge is 0.497 e. The maximum absolute atomic E-state index is 10.5. The van der Waals surface area contributed by atoms with Gasteiger partial charge in [-0.15, -0.1) is 0 Å². The number of benzene rings is 2. The second kappa shape index (κ2) is 12.5. The highest BCUT2D eigenvalue weighted by atomic mass is 16.5. The van der Waals surface area contributed by atoms with Crippen LogP contribution < -0.4 is 9.47 Å². The Morgan fingerprint density at radius 2 is 1.59 bits per heavy atom. The highest BCUT2D eigenvalue weighted by molar-refractivity contribution is 5.38. The molecule has 1 N–H and O–H groups in total. The number of hydrogen-bond acceptors (Lipinski definition) is 5. The lowest BCUT2D eigenvalue weighted by Gasteiger charge is -2.26. The van der Waals surface area contributed by atoms with E-state index in [0.717, 1.165) is 42.1 Å². The van der Waals surface area contributed by atoms with Crippen LogP contribution in [0, 0.1) is 5.92 Å². The lowest BCUT2D eigenvalue weighted by molar-refractivity contribution is 0.00788. The monoisotopic (exact) mass is 401 g/mol. The van der Waals surface area contributed by atoms with Crippen LogP contribution in [0.5, 0.6) is 11.5 Å². The molecular weight excluding hydrogens is 366 g/mol. The number of methoxy groups -OCH3 is 2. The molecule has 2 aromatic carbocycles. The fraction of sp³-hybridized carbons (Fsp3) is 0.500. The van der Waals surface area contributed by atoms with Gasteiger partial charge in [-0.1, -0.05) is 44.2 Å². The van der Waals surface area contributed by atoms with E-state index < -0.39 is 6.10 Å². The Labute approximate surface area is 175 Å². The smallest absolute Gasteiger partial charge is 0.122 e. The van der Waals surface area contributed by atoms with Gasteiger partial charge in [-0.3, -0.25) is 4.90 Å². The van der Waals surface area contributed by atoms with Crippen LogP contribution in [0.2, 0.25) is 0 Å². The van der Waals surface area contributed by atoms with E-state index in [0.29, 0.717) is 25.7 Å². The lowest BCUT2D eigenvalue weighted by atomic mass is 10.1. The number of aliphatic hydroxyl groups excluding tert-OH is 1. The predicted molar refractivity (Wildman–Crippen MR) is 116 cm³/mol. The fourth-order valence-electron chi connectivity index (χ4n) is 3.13. The summed E-state index contributed by atoms with van der Waals surface area (Å²) in [5.74, 6) is 2.15. The van der Waals surface area contributed by atoms with Gasteiger partial charge in [0.05, 0.1) is 33.5 Å². The number of nitrogens with zero attached hydrogens (tertiary/aromatic N) is 1. The number of aliphatic hydroxyl groups is 1. The summed E-state index contributed by atoms with van der Waals surface area (Å²) in [5, 5.41) is 10.5. The molecule has 0 aromatic heterocycles. The van der Waals surface area contributed by atoms with E-state index >= 15 is 0 Å². The summed E-state index contributed by atoms with van der Waals surface area (Å²) in [6.45, 7) is 7.44. The first-order valence-corrected chi connectivity index (χ1v) is 10.2. The molecule has 0 bridgehead atoms. The van der Waals surface area contributed by atoms with Gasteiger partial charge in [0.1, 0.15) is 11.5 Å². The maximum atomic E-state index is 10.5. The van der Waals surface area contributed by atoms with Gasteiger partial charge >= 0.3 is 0 Å². The van der Waals surface area contributed by atoms with Crippen LogP contribution in [-0.2, 0) is 17.9 Å². The molecule has 160 valence electrons. The van der Waals surface area contributed by atoms with Crippen LogP contribution >= 0.6 is 0 Å². The highest BCUT2D eigenvalue weighted by Crippen LogP contribution is 2.23. The molecule has 0 spiro atoms. The van der Waals surface area contributed by atoms with Crippen molar-refractivity contribution in [2.75, 3.05) is 33.9 Å². The summed E-state index contributed by atoms with van der Waals surface area (Å²) in [6.07, 6.45) is 0.525. The number of ether oxygens (including phenoxy) is 3. The Morgan fingerprint density at radius 3 is 2.17 bits per heavy atom. The Hall–Kier alpha value is -2.08. The van der Waals surface area contributed by atoms with Crippen molar-refractivity contribution in [2.24, 2.45) is 5.92 Å². The molecule has 0 aliphatic rings. The molecule has 0 aliphatic carbocycles. The quantitative estimate of drug-likeness (QED) is 0.547. The van der Waals surface area contributed by atoms with Gasteiger partial charge in [0.2, 0.25) is 0 Å². The van der Waals surface area contributed by atoms with Crippen LogP contribution in [0.3, 0.4) is 0 Å². The maximum Gasteiger partial charge on any atom is 0.122 e. The number of rotatable bonds is 13. The van der Waals surface area contributed by atoms with Crippen molar-refractivity contribution in [3.05, 3.63) is 59.7 Å². The average molecular weight is 402 g/mol. The number of hydrogen-bond donors (Lipinski definition) is 1. The third kappa shape index (κ3) is 8.86. The molecule has 5 heteroatoms. The molecule has 0 saturated heterocycles. The van der Waals surface area contributed by atoms with Crippen LogP contribution in [0.25, 0.3) is 0 Å². The molecule has 0 radical (unpaired) electrons. The molecular formula is C24H35NO4. The van der Waals surface area contributed by atoms with Crippen molar-refractivity contribution in [1.29, 1.82) is 0 Å². The van der Waals surface area contributed by atoms with E-state index in [1.165, 1.54) is 0 Å². The molecule has 2 rings (SSSR count). The normalized spacial score (nSPS) is 12.4. The second-order valence-corrected chi connectivity index (χ2v) is 7.79. The minimum absolute atomic E-state index is 0.314. The standard InChI is InChI=1S/C24H35NO4/c1-19(2)10-11-25(15-21-12-23(27-3)14-24(13-21)28-4)16-22(26)18-29-17-20-8-6-5-7-9-20/h5-9,12-14,19,22,26H,10-11,15-18H2,1-4H3. The summed E-state index contributed by atoms with van der Waals surface area (Å²) >= 11 is 0. The van der Waals surface area contributed by atoms with Crippen molar-refractivity contribution in [3.63, 3.8) is 0 Å². The summed E-state index contributed by atoms with van der Waals surface area (Å²) in [4.78, 5) is 2.27. The van der Waals surface area contributed by atoms with Crippen molar-refractivity contribution in [2.45, 2.75) is 39.5 Å². The fourth-order valence-corrected chi connectivity index (χ4v) is 3.13. The summed E-state index contributed by atoms with van der Waals surface area (Å²) in [7, 11) is 3.31. The van der Waals surface area contributed by atoms with Crippen LogP contribution in [-0.4, -0.2) is 50.0 Å². The van der Waals surface area contributed by atoms with E-state index in [-0.39, 0.29) is 0 Å². The molecule has 0 aliphatic heterocycles. The SMILES string of the molecule is COc1cc(CN(CCC(C)C)CC(O)COCc2ccccc2)cc(OC)c1. The van der Waals surface area contributed by atoms with E-state index in [1.807, 2.05) is 48.5 Å². The summed E-state index contributed by atoms with van der Waals surface area (Å²) in [5.41, 5.74) is 2.21. The summed E-state index contributed by atoms with van der Waals surface area (Å²) < 4.78 is 16.5. The van der Waals surface area contributed by atoms with Gasteiger partial charge in [0.25, 0.3) is 0 Å². The topological polar surface area (TPSA) is 51.2 Å². The molecule has 0 fully saturated rings. The molecule has 5 nitrogen and oxygen atoms in total. The molecule has 1 atom stereocenters. The Bertz CT molecular complexity index is 683. The third-order valence-electron chi connectivity index (χ3n) is 4.73. The van der Waals surface area contributed by atoms with Crippen LogP contribution in [0.4, 0.5) is 0 Å². The van der Waals surface area contributed by atoms with E-state index in [1.54, 1.807) is 14.2 Å². The first-order valence-electron chi connectivity index (χ1n) is 10.2. The van der Waals surface area contributed by atoms with E-state index in [2.05, 4.69) is 18.7 Å². The zero-order valence-corrected chi connectivity index (χ0v) is 18.1. The second-order valence-electron chi connectivity index (χ2n) is 7.79. The zero-order chi connectivity index (χ0) is 21.1. The first-order chi connectivity index (χ1) is 14.0. The van der Waals surface area contributed by atoms with Crippen molar-refractivity contribution >= 4 is 0 Å². The Balaban J connectivity index is 1.94. The Morgan fingerprint density at radius 1 is 0.931 bits per heavy atom. The summed E-state index contributed by atoms with van der Waals surface area (Å²) in [6, 6.07) is 15.9. The molecule has 0 amide bonds. The average Bonchev–Trinajstić information content (AvgIpc) is 2.72.